The van der Waals surface area contributed by atoms with E-state index in [4.69, 9.17) is 4.74 Å². The van der Waals surface area contributed by atoms with E-state index in [-0.39, 0.29) is 37.4 Å². The number of ether oxygens (including phenoxy) is 1. The molecule has 3 amide bonds. The molecular weight excluding hydrogens is 444 g/mol. The highest BCUT2D eigenvalue weighted by Crippen LogP contribution is 2.33. The van der Waals surface area contributed by atoms with Crippen LogP contribution in [0.3, 0.4) is 0 Å². The van der Waals surface area contributed by atoms with Crippen molar-refractivity contribution < 1.29 is 23.9 Å². The maximum Gasteiger partial charge on any atom is 0.341 e. The number of carbonyl (C=O) groups excluding carboxylic acids is 4. The standard InChI is InChI=1S/C23H30N4O5S/c1-6-27(12-19(29)25-18-10-8-17(9-11-18)24-16(5)28)13-20(30)26-22-21(23(31)32-7-2)14(3)15(4)33-22/h8-11H,6-7,12-13H2,1-5H3,(H,24,28)(H,25,29)(H,26,30). The number of benzene rings is 1. The van der Waals surface area contributed by atoms with Crippen LogP contribution in [0.5, 0.6) is 0 Å². The highest BCUT2D eigenvalue weighted by molar-refractivity contribution is 7.16. The van der Waals surface area contributed by atoms with E-state index in [9.17, 15) is 19.2 Å². The molecule has 2 aromatic rings. The molecule has 33 heavy (non-hydrogen) atoms. The molecule has 0 unspecified atom stereocenters. The zero-order valence-corrected chi connectivity index (χ0v) is 20.4. The SMILES string of the molecule is CCOC(=O)c1c(NC(=O)CN(CC)CC(=O)Nc2ccc(NC(C)=O)cc2)sc(C)c1C. The molecule has 0 saturated heterocycles. The highest BCUT2D eigenvalue weighted by Gasteiger charge is 2.23. The van der Waals surface area contributed by atoms with E-state index in [1.165, 1.54) is 18.3 Å². The van der Waals surface area contributed by atoms with Crippen LogP contribution < -0.4 is 16.0 Å². The first-order valence-electron chi connectivity index (χ1n) is 10.6. The minimum atomic E-state index is -0.467. The van der Waals surface area contributed by atoms with Crippen molar-refractivity contribution >= 4 is 51.4 Å². The lowest BCUT2D eigenvalue weighted by Gasteiger charge is -2.19. The van der Waals surface area contributed by atoms with E-state index in [0.717, 1.165) is 10.4 Å². The van der Waals surface area contributed by atoms with Gasteiger partial charge in [0, 0.05) is 23.2 Å². The summed E-state index contributed by atoms with van der Waals surface area (Å²) in [6, 6.07) is 6.75. The molecule has 1 heterocycles. The van der Waals surface area contributed by atoms with E-state index in [1.54, 1.807) is 36.1 Å². The number of anilines is 3. The molecule has 0 aliphatic rings. The van der Waals surface area contributed by atoms with Crippen molar-refractivity contribution in [1.29, 1.82) is 0 Å². The lowest BCUT2D eigenvalue weighted by Crippen LogP contribution is -2.38. The average Bonchev–Trinajstić information content (AvgIpc) is 3.01. The summed E-state index contributed by atoms with van der Waals surface area (Å²) in [6.45, 7) is 9.43. The minimum Gasteiger partial charge on any atom is -0.462 e. The smallest absolute Gasteiger partial charge is 0.341 e. The Morgan fingerprint density at radius 3 is 1.97 bits per heavy atom. The Morgan fingerprint density at radius 1 is 0.909 bits per heavy atom. The Labute approximate surface area is 197 Å². The van der Waals surface area contributed by atoms with Crippen LogP contribution in [0.25, 0.3) is 0 Å². The number of nitrogens with one attached hydrogen (secondary N) is 3. The molecule has 0 aliphatic carbocycles. The first kappa shape index (κ1) is 26.0. The number of rotatable bonds is 10. The molecule has 0 saturated carbocycles. The third kappa shape index (κ3) is 7.69. The number of carbonyl (C=O) groups is 4. The Kier molecular flexibility index (Phi) is 9.56. The van der Waals surface area contributed by atoms with Crippen molar-refractivity contribution in [2.75, 3.05) is 42.2 Å². The van der Waals surface area contributed by atoms with Gasteiger partial charge in [0.15, 0.2) is 0 Å². The molecule has 0 aliphatic heterocycles. The normalized spacial score (nSPS) is 10.6. The van der Waals surface area contributed by atoms with Crippen LogP contribution in [0.2, 0.25) is 0 Å². The van der Waals surface area contributed by atoms with Gasteiger partial charge in [0.2, 0.25) is 17.7 Å². The minimum absolute atomic E-state index is 0.0103. The van der Waals surface area contributed by atoms with Crippen molar-refractivity contribution in [2.45, 2.75) is 34.6 Å². The average molecular weight is 475 g/mol. The van der Waals surface area contributed by atoms with Gasteiger partial charge in [-0.05, 0) is 57.1 Å². The zero-order chi connectivity index (χ0) is 24.5. The number of aryl methyl sites for hydroxylation is 1. The molecule has 0 bridgehead atoms. The van der Waals surface area contributed by atoms with Crippen molar-refractivity contribution in [1.82, 2.24) is 4.90 Å². The molecule has 0 atom stereocenters. The lowest BCUT2D eigenvalue weighted by molar-refractivity contribution is -0.120. The summed E-state index contributed by atoms with van der Waals surface area (Å²) in [7, 11) is 0. The second-order valence-electron chi connectivity index (χ2n) is 7.37. The molecular formula is C23H30N4O5S. The molecule has 1 aromatic carbocycles. The van der Waals surface area contributed by atoms with Crippen molar-refractivity contribution in [3.8, 4) is 0 Å². The third-order valence-electron chi connectivity index (χ3n) is 4.79. The lowest BCUT2D eigenvalue weighted by atomic mass is 10.1. The van der Waals surface area contributed by atoms with E-state index < -0.39 is 5.97 Å². The maximum absolute atomic E-state index is 12.6. The Balaban J connectivity index is 1.96. The van der Waals surface area contributed by atoms with Gasteiger partial charge in [-0.3, -0.25) is 19.3 Å². The first-order valence-corrected chi connectivity index (χ1v) is 11.4. The summed E-state index contributed by atoms with van der Waals surface area (Å²) in [6.07, 6.45) is 0. The summed E-state index contributed by atoms with van der Waals surface area (Å²) in [5.41, 5.74) is 2.37. The molecule has 2 rings (SSSR count). The third-order valence-corrected chi connectivity index (χ3v) is 5.91. The van der Waals surface area contributed by atoms with E-state index in [2.05, 4.69) is 16.0 Å². The fourth-order valence-electron chi connectivity index (χ4n) is 3.06. The van der Waals surface area contributed by atoms with Gasteiger partial charge >= 0.3 is 5.97 Å². The first-order chi connectivity index (χ1) is 15.6. The van der Waals surface area contributed by atoms with Crippen molar-refractivity contribution in [3.63, 3.8) is 0 Å². The number of amides is 3. The van der Waals surface area contributed by atoms with Crippen LogP contribution in [0.4, 0.5) is 16.4 Å². The number of hydrogen-bond acceptors (Lipinski definition) is 7. The van der Waals surface area contributed by atoms with Crippen molar-refractivity contribution in [3.05, 3.63) is 40.3 Å². The van der Waals surface area contributed by atoms with Gasteiger partial charge in [-0.2, -0.15) is 0 Å². The summed E-state index contributed by atoms with van der Waals surface area (Å²) in [5.74, 6) is -1.24. The van der Waals surface area contributed by atoms with Gasteiger partial charge < -0.3 is 20.7 Å². The van der Waals surface area contributed by atoms with E-state index >= 15 is 0 Å². The number of likely N-dealkylation sites (N-methyl/N-ethyl adjacent to an activating group) is 1. The molecule has 10 heteroatoms. The van der Waals surface area contributed by atoms with Gasteiger partial charge in [0.25, 0.3) is 0 Å². The van der Waals surface area contributed by atoms with Crippen LogP contribution in [0.1, 0.15) is 41.6 Å². The summed E-state index contributed by atoms with van der Waals surface area (Å²) in [5, 5.41) is 8.68. The largest absolute Gasteiger partial charge is 0.462 e. The van der Waals surface area contributed by atoms with Gasteiger partial charge in [-0.15, -0.1) is 11.3 Å². The summed E-state index contributed by atoms with van der Waals surface area (Å²) >= 11 is 1.32. The zero-order valence-electron chi connectivity index (χ0n) is 19.5. The fraction of sp³-hybridized carbons (Fsp3) is 0.391. The fourth-order valence-corrected chi connectivity index (χ4v) is 4.12. The molecule has 0 spiro atoms. The predicted octanol–water partition coefficient (Wildman–Crippen LogP) is 3.40. The number of thiophene rings is 1. The van der Waals surface area contributed by atoms with E-state index in [0.29, 0.717) is 28.5 Å². The van der Waals surface area contributed by atoms with Crippen LogP contribution in [0.15, 0.2) is 24.3 Å². The Bertz CT molecular complexity index is 1020. The molecule has 3 N–H and O–H groups in total. The number of nitrogens with zero attached hydrogens (tertiary/aromatic N) is 1. The molecule has 9 nitrogen and oxygen atoms in total. The predicted molar refractivity (Wildman–Crippen MR) is 130 cm³/mol. The monoisotopic (exact) mass is 474 g/mol. The van der Waals surface area contributed by atoms with Crippen LogP contribution in [-0.2, 0) is 19.1 Å². The Hall–Kier alpha value is -3.24. The number of hydrogen-bond donors (Lipinski definition) is 3. The maximum atomic E-state index is 12.6. The van der Waals surface area contributed by atoms with Crippen molar-refractivity contribution in [2.24, 2.45) is 0 Å². The molecule has 0 fully saturated rings. The van der Waals surface area contributed by atoms with Gasteiger partial charge in [-0.25, -0.2) is 4.79 Å². The summed E-state index contributed by atoms with van der Waals surface area (Å²) in [4.78, 5) is 51.1. The van der Waals surface area contributed by atoms with Gasteiger partial charge in [-0.1, -0.05) is 6.92 Å². The summed E-state index contributed by atoms with van der Waals surface area (Å²) < 4.78 is 5.11. The van der Waals surface area contributed by atoms with Gasteiger partial charge in [0.05, 0.1) is 25.3 Å². The Morgan fingerprint density at radius 2 is 1.45 bits per heavy atom. The van der Waals surface area contributed by atoms with E-state index in [1.807, 2.05) is 20.8 Å². The van der Waals surface area contributed by atoms with Crippen LogP contribution in [-0.4, -0.2) is 54.8 Å². The number of esters is 1. The quantitative estimate of drug-likeness (QED) is 0.455. The molecule has 1 aromatic heterocycles. The second kappa shape index (κ2) is 12.1. The second-order valence-corrected chi connectivity index (χ2v) is 8.59. The van der Waals surface area contributed by atoms with Crippen LogP contribution in [0, 0.1) is 13.8 Å². The molecule has 178 valence electrons. The van der Waals surface area contributed by atoms with Crippen LogP contribution >= 0.6 is 11.3 Å². The highest BCUT2D eigenvalue weighted by atomic mass is 32.1. The topological polar surface area (TPSA) is 117 Å². The molecule has 0 radical (unpaired) electrons. The van der Waals surface area contributed by atoms with Gasteiger partial charge in [0.1, 0.15) is 5.00 Å².